The Morgan fingerprint density at radius 2 is 2.13 bits per heavy atom. The van der Waals surface area contributed by atoms with Crippen molar-refractivity contribution in [3.05, 3.63) is 30.5 Å². The monoisotopic (exact) mass is 202 g/mol. The zero-order valence-corrected chi connectivity index (χ0v) is 8.88. The summed E-state index contributed by atoms with van der Waals surface area (Å²) in [6, 6.07) is 0.241. The molecule has 15 heavy (non-hydrogen) atoms. The molecule has 2 heterocycles. The first-order chi connectivity index (χ1) is 7.12. The summed E-state index contributed by atoms with van der Waals surface area (Å²) in [4.78, 5) is 8.37. The minimum absolute atomic E-state index is 0.194. The van der Waals surface area contributed by atoms with Crippen LogP contribution >= 0.6 is 0 Å². The van der Waals surface area contributed by atoms with Gasteiger partial charge in [-0.2, -0.15) is 0 Å². The fourth-order valence-electron chi connectivity index (χ4n) is 2.33. The second-order valence-corrected chi connectivity index (χ2v) is 4.81. The minimum Gasteiger partial charge on any atom is -0.327 e. The van der Waals surface area contributed by atoms with E-state index < -0.39 is 0 Å². The molecule has 1 aliphatic carbocycles. The molecule has 4 heteroatoms. The van der Waals surface area contributed by atoms with Gasteiger partial charge in [-0.05, 0) is 5.41 Å². The van der Waals surface area contributed by atoms with E-state index in [1.54, 1.807) is 12.4 Å². The summed E-state index contributed by atoms with van der Waals surface area (Å²) in [6.45, 7) is 4.39. The van der Waals surface area contributed by atoms with Gasteiger partial charge in [-0.1, -0.05) is 13.8 Å². The summed E-state index contributed by atoms with van der Waals surface area (Å²) in [7, 11) is 0. The molecule has 1 aliphatic rings. The van der Waals surface area contributed by atoms with Crippen LogP contribution in [-0.2, 0) is 0 Å². The van der Waals surface area contributed by atoms with Crippen molar-refractivity contribution in [2.24, 2.45) is 11.1 Å². The Kier molecular flexibility index (Phi) is 1.52. The Morgan fingerprint density at radius 1 is 1.40 bits per heavy atom. The SMILES string of the molecule is CC1(C)[C@@H](N)[C@@H]1c1cnc2cnccn12. The van der Waals surface area contributed by atoms with Crippen LogP contribution in [-0.4, -0.2) is 20.4 Å². The van der Waals surface area contributed by atoms with Crippen molar-refractivity contribution >= 4 is 5.65 Å². The Morgan fingerprint density at radius 3 is 2.80 bits per heavy atom. The molecule has 2 atom stereocenters. The van der Waals surface area contributed by atoms with Crippen molar-refractivity contribution in [2.75, 3.05) is 0 Å². The quantitative estimate of drug-likeness (QED) is 0.755. The average molecular weight is 202 g/mol. The van der Waals surface area contributed by atoms with E-state index in [0.29, 0.717) is 5.92 Å². The highest BCUT2D eigenvalue weighted by Gasteiger charge is 2.57. The van der Waals surface area contributed by atoms with E-state index in [1.165, 1.54) is 5.69 Å². The third kappa shape index (κ3) is 1.05. The maximum absolute atomic E-state index is 6.07. The van der Waals surface area contributed by atoms with E-state index in [2.05, 4.69) is 28.2 Å². The Bertz CT molecular complexity index is 514. The van der Waals surface area contributed by atoms with E-state index in [-0.39, 0.29) is 11.5 Å². The van der Waals surface area contributed by atoms with Crippen LogP contribution in [0.1, 0.15) is 25.5 Å². The summed E-state index contributed by atoms with van der Waals surface area (Å²) in [5.74, 6) is 0.412. The molecule has 2 N–H and O–H groups in total. The van der Waals surface area contributed by atoms with Crippen molar-refractivity contribution in [1.82, 2.24) is 14.4 Å². The third-order valence-electron chi connectivity index (χ3n) is 3.58. The second-order valence-electron chi connectivity index (χ2n) is 4.81. The van der Waals surface area contributed by atoms with Gasteiger partial charge in [0.1, 0.15) is 0 Å². The highest BCUT2D eigenvalue weighted by Crippen LogP contribution is 2.57. The van der Waals surface area contributed by atoms with Crippen LogP contribution in [0.4, 0.5) is 0 Å². The predicted molar refractivity (Wildman–Crippen MR) is 57.5 cm³/mol. The number of rotatable bonds is 1. The standard InChI is InChI=1S/C11H14N4/c1-11(2)9(10(11)12)7-5-14-8-6-13-3-4-15(7)8/h3-6,9-10H,12H2,1-2H3/t9-,10-/m0/s1. The molecule has 1 fully saturated rings. The smallest absolute Gasteiger partial charge is 0.155 e. The molecular weight excluding hydrogens is 188 g/mol. The molecular formula is C11H14N4. The van der Waals surface area contributed by atoms with Gasteiger partial charge in [-0.3, -0.25) is 4.98 Å². The minimum atomic E-state index is 0.194. The number of hydrogen-bond donors (Lipinski definition) is 1. The zero-order valence-electron chi connectivity index (χ0n) is 8.88. The van der Waals surface area contributed by atoms with Crippen LogP contribution in [0.2, 0.25) is 0 Å². The lowest BCUT2D eigenvalue weighted by atomic mass is 10.1. The molecule has 2 aromatic heterocycles. The summed E-state index contributed by atoms with van der Waals surface area (Å²) in [5.41, 5.74) is 8.35. The van der Waals surface area contributed by atoms with Gasteiger partial charge >= 0.3 is 0 Å². The molecule has 0 radical (unpaired) electrons. The van der Waals surface area contributed by atoms with Gasteiger partial charge in [0.15, 0.2) is 5.65 Å². The Balaban J connectivity index is 2.14. The van der Waals surface area contributed by atoms with Crippen LogP contribution in [0.25, 0.3) is 5.65 Å². The fourth-order valence-corrected chi connectivity index (χ4v) is 2.33. The molecule has 0 amide bonds. The van der Waals surface area contributed by atoms with Crippen molar-refractivity contribution in [1.29, 1.82) is 0 Å². The topological polar surface area (TPSA) is 56.2 Å². The molecule has 0 bridgehead atoms. The Hall–Kier alpha value is -1.42. The van der Waals surface area contributed by atoms with Crippen LogP contribution in [0.5, 0.6) is 0 Å². The van der Waals surface area contributed by atoms with Crippen molar-refractivity contribution in [2.45, 2.75) is 25.8 Å². The largest absolute Gasteiger partial charge is 0.327 e. The second kappa shape index (κ2) is 2.58. The Labute approximate surface area is 88.1 Å². The average Bonchev–Trinajstić information content (AvgIpc) is 2.63. The number of hydrogen-bond acceptors (Lipinski definition) is 3. The highest BCUT2D eigenvalue weighted by atomic mass is 15.0. The molecule has 1 saturated carbocycles. The lowest BCUT2D eigenvalue weighted by Crippen LogP contribution is -2.06. The number of fused-ring (bicyclic) bond motifs is 1. The number of imidazole rings is 1. The van der Waals surface area contributed by atoms with Crippen LogP contribution in [0.3, 0.4) is 0 Å². The van der Waals surface area contributed by atoms with Gasteiger partial charge in [0.25, 0.3) is 0 Å². The predicted octanol–water partition coefficient (Wildman–Crippen LogP) is 1.18. The zero-order chi connectivity index (χ0) is 10.6. The lowest BCUT2D eigenvalue weighted by Gasteiger charge is -2.01. The maximum Gasteiger partial charge on any atom is 0.155 e. The molecule has 0 aliphatic heterocycles. The van der Waals surface area contributed by atoms with Gasteiger partial charge in [0.05, 0.1) is 6.20 Å². The number of aromatic nitrogens is 3. The molecule has 0 aromatic carbocycles. The van der Waals surface area contributed by atoms with E-state index in [9.17, 15) is 0 Å². The van der Waals surface area contributed by atoms with Gasteiger partial charge in [0, 0.05) is 36.2 Å². The van der Waals surface area contributed by atoms with E-state index >= 15 is 0 Å². The van der Waals surface area contributed by atoms with Crippen LogP contribution in [0.15, 0.2) is 24.8 Å². The molecule has 4 nitrogen and oxygen atoms in total. The van der Waals surface area contributed by atoms with Crippen LogP contribution < -0.4 is 5.73 Å². The first-order valence-corrected chi connectivity index (χ1v) is 5.15. The first kappa shape index (κ1) is 8.85. The van der Waals surface area contributed by atoms with Crippen molar-refractivity contribution in [3.63, 3.8) is 0 Å². The maximum atomic E-state index is 6.07. The first-order valence-electron chi connectivity index (χ1n) is 5.15. The fraction of sp³-hybridized carbons (Fsp3) is 0.455. The van der Waals surface area contributed by atoms with Crippen LogP contribution in [0, 0.1) is 5.41 Å². The summed E-state index contributed by atoms with van der Waals surface area (Å²) >= 11 is 0. The molecule has 78 valence electrons. The van der Waals surface area contributed by atoms with Crippen molar-refractivity contribution in [3.8, 4) is 0 Å². The number of nitrogens with two attached hydrogens (primary N) is 1. The molecule has 2 aromatic rings. The van der Waals surface area contributed by atoms with E-state index in [4.69, 9.17) is 5.73 Å². The van der Waals surface area contributed by atoms with E-state index in [0.717, 1.165) is 5.65 Å². The van der Waals surface area contributed by atoms with Gasteiger partial charge in [-0.25, -0.2) is 4.98 Å². The van der Waals surface area contributed by atoms with Gasteiger partial charge in [0.2, 0.25) is 0 Å². The van der Waals surface area contributed by atoms with Gasteiger partial charge < -0.3 is 10.1 Å². The summed E-state index contributed by atoms with van der Waals surface area (Å²) in [6.07, 6.45) is 7.40. The summed E-state index contributed by atoms with van der Waals surface area (Å²) < 4.78 is 2.08. The molecule has 0 unspecified atom stereocenters. The molecule has 0 spiro atoms. The molecule has 3 rings (SSSR count). The van der Waals surface area contributed by atoms with E-state index in [1.807, 2.05) is 12.4 Å². The number of nitrogens with zero attached hydrogens (tertiary/aromatic N) is 3. The normalized spacial score (nSPS) is 28.2. The molecule has 0 saturated heterocycles. The van der Waals surface area contributed by atoms with Gasteiger partial charge in [-0.15, -0.1) is 0 Å². The third-order valence-corrected chi connectivity index (χ3v) is 3.58. The summed E-state index contributed by atoms with van der Waals surface area (Å²) in [5, 5.41) is 0. The highest BCUT2D eigenvalue weighted by molar-refractivity contribution is 5.41. The van der Waals surface area contributed by atoms with Crippen molar-refractivity contribution < 1.29 is 0 Å². The lowest BCUT2D eigenvalue weighted by molar-refractivity contribution is 0.594.